The minimum atomic E-state index is -0.705. The lowest BCUT2D eigenvalue weighted by Gasteiger charge is -2.13. The van der Waals surface area contributed by atoms with Crippen molar-refractivity contribution in [2.75, 3.05) is 5.32 Å². The number of amides is 1. The van der Waals surface area contributed by atoms with Crippen LogP contribution in [0, 0.1) is 5.92 Å². The van der Waals surface area contributed by atoms with Gasteiger partial charge in [-0.25, -0.2) is 0 Å². The molecule has 0 saturated carbocycles. The van der Waals surface area contributed by atoms with Gasteiger partial charge in [-0.2, -0.15) is 0 Å². The van der Waals surface area contributed by atoms with Crippen molar-refractivity contribution >= 4 is 17.6 Å². The Kier molecular flexibility index (Phi) is 7.99. The van der Waals surface area contributed by atoms with Gasteiger partial charge in [0.1, 0.15) is 0 Å². The fraction of sp³-hybridized carbons (Fsp3) is 0.259. The SMILES string of the molecule is CC(=O)Nc1ccc(-c2ccc(CCC(CCCc3ccccc3)C(=O)O)cc2)cc1. The van der Waals surface area contributed by atoms with Crippen LogP contribution in [-0.2, 0) is 22.4 Å². The summed E-state index contributed by atoms with van der Waals surface area (Å²) in [5.41, 5.74) is 5.35. The molecule has 4 nitrogen and oxygen atoms in total. The first kappa shape index (κ1) is 22.3. The molecule has 160 valence electrons. The summed E-state index contributed by atoms with van der Waals surface area (Å²) < 4.78 is 0. The fourth-order valence-electron chi connectivity index (χ4n) is 3.74. The van der Waals surface area contributed by atoms with E-state index >= 15 is 0 Å². The summed E-state index contributed by atoms with van der Waals surface area (Å²) in [6.45, 7) is 1.49. The zero-order chi connectivity index (χ0) is 22.1. The van der Waals surface area contributed by atoms with Gasteiger partial charge in [-0.3, -0.25) is 9.59 Å². The number of carboxylic acids is 1. The Balaban J connectivity index is 1.52. The van der Waals surface area contributed by atoms with E-state index in [2.05, 4.69) is 41.7 Å². The summed E-state index contributed by atoms with van der Waals surface area (Å²) >= 11 is 0. The molecule has 0 saturated heterocycles. The summed E-state index contributed by atoms with van der Waals surface area (Å²) in [6.07, 6.45) is 3.90. The van der Waals surface area contributed by atoms with Gasteiger partial charge < -0.3 is 10.4 Å². The molecular weight excluding hydrogens is 386 g/mol. The van der Waals surface area contributed by atoms with Crippen LogP contribution in [0.25, 0.3) is 11.1 Å². The molecule has 4 heteroatoms. The molecule has 1 unspecified atom stereocenters. The molecule has 0 aliphatic heterocycles. The van der Waals surface area contributed by atoms with Crippen LogP contribution in [0.4, 0.5) is 5.69 Å². The molecule has 0 heterocycles. The Morgan fingerprint density at radius 2 is 1.35 bits per heavy atom. The number of aliphatic carboxylic acids is 1. The van der Waals surface area contributed by atoms with Gasteiger partial charge in [-0.15, -0.1) is 0 Å². The molecular formula is C27H29NO3. The number of hydrogen-bond donors (Lipinski definition) is 2. The van der Waals surface area contributed by atoms with Crippen molar-refractivity contribution in [1.29, 1.82) is 0 Å². The van der Waals surface area contributed by atoms with E-state index in [1.54, 1.807) is 0 Å². The monoisotopic (exact) mass is 415 g/mol. The van der Waals surface area contributed by atoms with E-state index in [1.807, 2.05) is 42.5 Å². The van der Waals surface area contributed by atoms with E-state index < -0.39 is 5.97 Å². The summed E-state index contributed by atoms with van der Waals surface area (Å²) in [4.78, 5) is 22.8. The van der Waals surface area contributed by atoms with Crippen LogP contribution in [0.3, 0.4) is 0 Å². The Morgan fingerprint density at radius 1 is 0.774 bits per heavy atom. The third-order valence-corrected chi connectivity index (χ3v) is 5.48. The molecule has 3 aromatic carbocycles. The number of rotatable bonds is 10. The van der Waals surface area contributed by atoms with E-state index in [1.165, 1.54) is 12.5 Å². The zero-order valence-electron chi connectivity index (χ0n) is 17.9. The van der Waals surface area contributed by atoms with Crippen LogP contribution in [0.1, 0.15) is 37.3 Å². The third-order valence-electron chi connectivity index (χ3n) is 5.48. The second-order valence-electron chi connectivity index (χ2n) is 7.91. The van der Waals surface area contributed by atoms with Crippen molar-refractivity contribution in [2.45, 2.75) is 39.0 Å². The topological polar surface area (TPSA) is 66.4 Å². The lowest BCUT2D eigenvalue weighted by atomic mass is 9.93. The highest BCUT2D eigenvalue weighted by molar-refractivity contribution is 5.89. The van der Waals surface area contributed by atoms with E-state index in [4.69, 9.17) is 0 Å². The number of benzene rings is 3. The molecule has 31 heavy (non-hydrogen) atoms. The second kappa shape index (κ2) is 11.1. The summed E-state index contributed by atoms with van der Waals surface area (Å²) in [5, 5.41) is 12.4. The highest BCUT2D eigenvalue weighted by Gasteiger charge is 2.17. The van der Waals surface area contributed by atoms with E-state index in [0.29, 0.717) is 12.8 Å². The van der Waals surface area contributed by atoms with Gasteiger partial charge in [0, 0.05) is 12.6 Å². The first-order valence-corrected chi connectivity index (χ1v) is 10.7. The maximum absolute atomic E-state index is 11.7. The van der Waals surface area contributed by atoms with Gasteiger partial charge in [0.2, 0.25) is 5.91 Å². The van der Waals surface area contributed by atoms with Crippen molar-refractivity contribution in [2.24, 2.45) is 5.92 Å². The number of hydrogen-bond acceptors (Lipinski definition) is 2. The van der Waals surface area contributed by atoms with Gasteiger partial charge in [0.15, 0.2) is 0 Å². The predicted molar refractivity (Wildman–Crippen MR) is 125 cm³/mol. The number of nitrogens with one attached hydrogen (secondary N) is 1. The molecule has 0 aliphatic carbocycles. The maximum Gasteiger partial charge on any atom is 0.306 e. The fourth-order valence-corrected chi connectivity index (χ4v) is 3.74. The van der Waals surface area contributed by atoms with Crippen molar-refractivity contribution < 1.29 is 14.7 Å². The second-order valence-corrected chi connectivity index (χ2v) is 7.91. The molecule has 0 spiro atoms. The van der Waals surface area contributed by atoms with Crippen LogP contribution in [0.5, 0.6) is 0 Å². The Bertz CT molecular complexity index is 979. The molecule has 0 aromatic heterocycles. The number of anilines is 1. The van der Waals surface area contributed by atoms with E-state index in [9.17, 15) is 14.7 Å². The smallest absolute Gasteiger partial charge is 0.306 e. The van der Waals surface area contributed by atoms with E-state index in [-0.39, 0.29) is 11.8 Å². The predicted octanol–water partition coefficient (Wildman–Crippen LogP) is 5.97. The van der Waals surface area contributed by atoms with Crippen molar-refractivity contribution in [1.82, 2.24) is 0 Å². The number of carbonyl (C=O) groups excluding carboxylic acids is 1. The summed E-state index contributed by atoms with van der Waals surface area (Å²) in [7, 11) is 0. The van der Waals surface area contributed by atoms with Crippen molar-refractivity contribution in [3.05, 3.63) is 90.0 Å². The number of aryl methyl sites for hydroxylation is 2. The van der Waals surface area contributed by atoms with Gasteiger partial charge >= 0.3 is 5.97 Å². The quantitative estimate of drug-likeness (QED) is 0.429. The molecule has 0 aliphatic rings. The lowest BCUT2D eigenvalue weighted by Crippen LogP contribution is -2.15. The molecule has 1 atom stereocenters. The van der Waals surface area contributed by atoms with Crippen LogP contribution < -0.4 is 5.32 Å². The number of carbonyl (C=O) groups is 2. The average molecular weight is 416 g/mol. The van der Waals surface area contributed by atoms with Gasteiger partial charge in [0.05, 0.1) is 5.92 Å². The lowest BCUT2D eigenvalue weighted by molar-refractivity contribution is -0.142. The minimum absolute atomic E-state index is 0.0863. The Labute approximate surface area is 183 Å². The highest BCUT2D eigenvalue weighted by Crippen LogP contribution is 2.23. The normalized spacial score (nSPS) is 11.6. The van der Waals surface area contributed by atoms with Gasteiger partial charge in [-0.1, -0.05) is 66.7 Å². The van der Waals surface area contributed by atoms with Crippen LogP contribution >= 0.6 is 0 Å². The van der Waals surface area contributed by atoms with Crippen LogP contribution in [0.15, 0.2) is 78.9 Å². The van der Waals surface area contributed by atoms with Gasteiger partial charge in [0.25, 0.3) is 0 Å². The summed E-state index contributed by atoms with van der Waals surface area (Å²) in [6, 6.07) is 26.2. The standard InChI is InChI=1S/C27H29NO3/c1-20(29)28-26-18-16-24(17-19-26)23-13-10-22(11-14-23)12-15-25(27(30)31)9-5-8-21-6-3-2-4-7-21/h2-4,6-7,10-11,13-14,16-19,25H,5,8-9,12,15H2,1H3,(H,28,29)(H,30,31). The first-order valence-electron chi connectivity index (χ1n) is 10.7. The third kappa shape index (κ3) is 7.10. The number of carboxylic acid groups (broad SMARTS) is 1. The zero-order valence-corrected chi connectivity index (χ0v) is 17.9. The minimum Gasteiger partial charge on any atom is -0.481 e. The molecule has 3 rings (SSSR count). The van der Waals surface area contributed by atoms with Crippen molar-refractivity contribution in [3.8, 4) is 11.1 Å². The Hall–Kier alpha value is -3.40. The summed E-state index contributed by atoms with van der Waals surface area (Å²) in [5.74, 6) is -1.11. The highest BCUT2D eigenvalue weighted by atomic mass is 16.4. The molecule has 0 fully saturated rings. The molecule has 3 aromatic rings. The van der Waals surface area contributed by atoms with Gasteiger partial charge in [-0.05, 0) is 66.5 Å². The first-order chi connectivity index (χ1) is 15.0. The molecule has 0 radical (unpaired) electrons. The van der Waals surface area contributed by atoms with Crippen molar-refractivity contribution in [3.63, 3.8) is 0 Å². The average Bonchev–Trinajstić information content (AvgIpc) is 2.77. The Morgan fingerprint density at radius 3 is 1.94 bits per heavy atom. The van der Waals surface area contributed by atoms with E-state index in [0.717, 1.165) is 41.6 Å². The molecule has 0 bridgehead atoms. The molecule has 2 N–H and O–H groups in total. The van der Waals surface area contributed by atoms with Crippen LogP contribution in [-0.4, -0.2) is 17.0 Å². The largest absolute Gasteiger partial charge is 0.481 e. The molecule has 1 amide bonds. The maximum atomic E-state index is 11.7. The van der Waals surface area contributed by atoms with Crippen LogP contribution in [0.2, 0.25) is 0 Å².